The molecule has 232 valence electrons. The fourth-order valence-electron chi connectivity index (χ4n) is 5.47. The smallest absolute Gasteiger partial charge is 0.430 e. The molecule has 1 fully saturated rings. The van der Waals surface area contributed by atoms with Gasteiger partial charge in [-0.25, -0.2) is 4.98 Å². The zero-order valence-corrected chi connectivity index (χ0v) is 24.3. The van der Waals surface area contributed by atoms with Gasteiger partial charge in [0.15, 0.2) is 16.7 Å². The number of aromatic nitrogens is 2. The van der Waals surface area contributed by atoms with Crippen molar-refractivity contribution in [3.63, 3.8) is 0 Å². The number of carbonyl (C=O) groups is 2. The Morgan fingerprint density at radius 1 is 1.05 bits per heavy atom. The van der Waals surface area contributed by atoms with Gasteiger partial charge in [-0.3, -0.25) is 9.59 Å². The molecule has 44 heavy (non-hydrogen) atoms. The molecule has 0 saturated carbocycles. The molecule has 2 aromatic carbocycles. The summed E-state index contributed by atoms with van der Waals surface area (Å²) in [5.41, 5.74) is -3.04. The van der Waals surface area contributed by atoms with E-state index >= 15 is 0 Å². The van der Waals surface area contributed by atoms with Crippen LogP contribution in [-0.2, 0) is 28.2 Å². The number of methoxy groups -OCH3 is 1. The quantitative estimate of drug-likeness (QED) is 0.244. The van der Waals surface area contributed by atoms with E-state index in [4.69, 9.17) is 26.2 Å². The minimum atomic E-state index is -5.36. The van der Waals surface area contributed by atoms with Crippen LogP contribution in [0.3, 0.4) is 0 Å². The maximum absolute atomic E-state index is 14.8. The molecule has 1 aliphatic rings. The number of fused-ring (bicyclic) bond motifs is 1. The third-order valence-electron chi connectivity index (χ3n) is 7.65. The molecule has 1 saturated heterocycles. The first kappa shape index (κ1) is 31.1. The number of rotatable bonds is 9. The second-order valence-electron chi connectivity index (χ2n) is 10.5. The monoisotopic (exact) mass is 631 g/mol. The lowest BCUT2D eigenvalue weighted by Crippen LogP contribution is -2.57. The van der Waals surface area contributed by atoms with Gasteiger partial charge in [0.2, 0.25) is 0 Å². The molecule has 0 radical (unpaired) electrons. The number of carboxylic acids is 1. The molecule has 1 amide bonds. The Kier molecular flexibility index (Phi) is 8.76. The summed E-state index contributed by atoms with van der Waals surface area (Å²) in [4.78, 5) is 29.7. The lowest BCUT2D eigenvalue weighted by Gasteiger charge is -2.38. The first-order valence-corrected chi connectivity index (χ1v) is 14.1. The van der Waals surface area contributed by atoms with Crippen LogP contribution in [0, 0.1) is 0 Å². The van der Waals surface area contributed by atoms with Gasteiger partial charge in [0, 0.05) is 55.8 Å². The van der Waals surface area contributed by atoms with Crippen molar-refractivity contribution in [2.45, 2.75) is 43.7 Å². The van der Waals surface area contributed by atoms with Gasteiger partial charge >= 0.3 is 12.1 Å². The van der Waals surface area contributed by atoms with Crippen LogP contribution in [0.5, 0.6) is 11.5 Å². The second kappa shape index (κ2) is 12.4. The minimum absolute atomic E-state index is 0.0363. The number of pyridine rings is 1. The summed E-state index contributed by atoms with van der Waals surface area (Å²) >= 11 is 6.33. The van der Waals surface area contributed by atoms with E-state index in [-0.39, 0.29) is 55.0 Å². The molecule has 0 bridgehead atoms. The van der Waals surface area contributed by atoms with Gasteiger partial charge in [-0.1, -0.05) is 48.0 Å². The number of likely N-dealkylation sites (tertiary alicyclic amines) is 1. The van der Waals surface area contributed by atoms with Crippen LogP contribution >= 0.6 is 11.6 Å². The number of halogens is 4. The van der Waals surface area contributed by atoms with Gasteiger partial charge in [-0.15, -0.1) is 0 Å². The van der Waals surface area contributed by atoms with Crippen LogP contribution in [0.4, 0.5) is 13.2 Å². The molecule has 5 rings (SSSR count). The average molecular weight is 632 g/mol. The number of benzene rings is 2. The molecule has 1 atom stereocenters. The van der Waals surface area contributed by atoms with Crippen molar-refractivity contribution in [3.05, 3.63) is 88.8 Å². The van der Waals surface area contributed by atoms with Crippen LogP contribution in [0.25, 0.3) is 10.9 Å². The van der Waals surface area contributed by atoms with Crippen molar-refractivity contribution in [3.8, 4) is 11.5 Å². The topological polar surface area (TPSA) is 114 Å². The van der Waals surface area contributed by atoms with Gasteiger partial charge in [-0.05, 0) is 29.3 Å². The highest BCUT2D eigenvalue weighted by molar-refractivity contribution is 6.34. The molecule has 1 unspecified atom stereocenters. The van der Waals surface area contributed by atoms with Crippen molar-refractivity contribution in [1.29, 1.82) is 0 Å². The fraction of sp³-hybridized carbons (Fsp3) is 0.323. The van der Waals surface area contributed by atoms with E-state index in [0.29, 0.717) is 17.1 Å². The van der Waals surface area contributed by atoms with E-state index in [9.17, 15) is 27.9 Å². The maximum Gasteiger partial charge on any atom is 0.430 e. The van der Waals surface area contributed by atoms with Crippen molar-refractivity contribution in [2.75, 3.05) is 20.2 Å². The molecule has 2 aromatic heterocycles. The molecule has 2 N–H and O–H groups in total. The summed E-state index contributed by atoms with van der Waals surface area (Å²) < 4.78 is 57.2. The molecule has 0 spiro atoms. The second-order valence-corrected chi connectivity index (χ2v) is 10.9. The number of ether oxygens (including phenoxy) is 2. The van der Waals surface area contributed by atoms with Crippen LogP contribution in [0.2, 0.25) is 5.15 Å². The lowest BCUT2D eigenvalue weighted by molar-refractivity contribution is -0.261. The third kappa shape index (κ3) is 6.04. The fourth-order valence-corrected chi connectivity index (χ4v) is 5.74. The first-order chi connectivity index (χ1) is 20.9. The summed E-state index contributed by atoms with van der Waals surface area (Å²) in [6.07, 6.45) is -3.30. The van der Waals surface area contributed by atoms with Crippen LogP contribution < -0.4 is 9.47 Å². The number of alkyl halides is 3. The minimum Gasteiger partial charge on any atom is -0.493 e. The number of amides is 1. The number of aliphatic hydroxyl groups is 1. The molecule has 9 nitrogen and oxygen atoms in total. The van der Waals surface area contributed by atoms with E-state index in [1.165, 1.54) is 23.9 Å². The maximum atomic E-state index is 14.8. The predicted molar refractivity (Wildman–Crippen MR) is 155 cm³/mol. The summed E-state index contributed by atoms with van der Waals surface area (Å²) in [5.74, 6) is -1.84. The Morgan fingerprint density at radius 2 is 1.75 bits per heavy atom. The average Bonchev–Trinajstić information content (AvgIpc) is 3.36. The first-order valence-electron chi connectivity index (χ1n) is 13.7. The molecular formula is C31H29ClF3N3O6. The summed E-state index contributed by atoms with van der Waals surface area (Å²) in [6.45, 7) is -0.0765. The normalized spacial score (nSPS) is 15.6. The van der Waals surface area contributed by atoms with Crippen molar-refractivity contribution >= 4 is 34.4 Å². The summed E-state index contributed by atoms with van der Waals surface area (Å²) in [5, 5.41) is 20.3. The molecule has 1 aliphatic heterocycles. The molecule has 0 aliphatic carbocycles. The van der Waals surface area contributed by atoms with Crippen LogP contribution in [0.15, 0.2) is 67.0 Å². The highest BCUT2D eigenvalue weighted by Gasteiger charge is 2.63. The van der Waals surface area contributed by atoms with Crippen molar-refractivity contribution in [2.24, 2.45) is 0 Å². The number of nitrogens with zero attached hydrogens (tertiary/aromatic N) is 3. The number of hydrogen-bond acceptors (Lipinski definition) is 6. The molecular weight excluding hydrogens is 603 g/mol. The Hall–Kier alpha value is -4.29. The molecule has 3 heterocycles. The van der Waals surface area contributed by atoms with E-state index in [1.54, 1.807) is 48.5 Å². The van der Waals surface area contributed by atoms with E-state index in [0.717, 1.165) is 16.7 Å². The Balaban J connectivity index is 1.39. The Bertz CT molecular complexity index is 1670. The van der Waals surface area contributed by atoms with Gasteiger partial charge < -0.3 is 29.2 Å². The lowest BCUT2D eigenvalue weighted by atomic mass is 9.90. The van der Waals surface area contributed by atoms with Crippen molar-refractivity contribution < 1.29 is 42.4 Å². The van der Waals surface area contributed by atoms with Crippen LogP contribution in [0.1, 0.15) is 29.5 Å². The van der Waals surface area contributed by atoms with Gasteiger partial charge in [0.1, 0.15) is 6.10 Å². The van der Waals surface area contributed by atoms with Gasteiger partial charge in [-0.2, -0.15) is 13.2 Å². The molecule has 4 aromatic rings. The predicted octanol–water partition coefficient (Wildman–Crippen LogP) is 5.19. The number of piperidine rings is 1. The SMILES string of the molecule is COc1cc(CC(=O)O)ccc1OC1CCN(C(=O)C(O)(c2cn(Cc3ccccc3)c3c(Cl)nccc23)C(F)(F)F)CC1. The van der Waals surface area contributed by atoms with Crippen LogP contribution in [-0.4, -0.2) is 69.0 Å². The van der Waals surface area contributed by atoms with Gasteiger partial charge in [0.25, 0.3) is 11.5 Å². The summed E-state index contributed by atoms with van der Waals surface area (Å²) in [6, 6.07) is 15.0. The largest absolute Gasteiger partial charge is 0.493 e. The standard InChI is InChI=1S/C31H29ClF3N3O6/c1-43-25-15-20(16-26(39)40)7-8-24(25)44-21-10-13-37(14-11-21)29(41)30(42,31(33,34)35)23-18-38(17-19-5-3-2-4-6-19)27-22(23)9-12-36-28(27)32/h2-9,12,15,18,21,42H,10-11,13-14,16-17H2,1H3,(H,39,40). The third-order valence-corrected chi connectivity index (χ3v) is 7.93. The number of aliphatic carboxylic acids is 1. The zero-order chi connectivity index (χ0) is 31.6. The van der Waals surface area contributed by atoms with Crippen molar-refractivity contribution in [1.82, 2.24) is 14.5 Å². The Labute approximate surface area is 255 Å². The number of hydrogen-bond donors (Lipinski definition) is 2. The van der Waals surface area contributed by atoms with Gasteiger partial charge in [0.05, 0.1) is 19.0 Å². The number of carbonyl (C=O) groups excluding carboxylic acids is 1. The zero-order valence-electron chi connectivity index (χ0n) is 23.6. The van der Waals surface area contributed by atoms with E-state index in [2.05, 4.69) is 4.98 Å². The highest BCUT2D eigenvalue weighted by atomic mass is 35.5. The Morgan fingerprint density at radius 3 is 2.39 bits per heavy atom. The van der Waals surface area contributed by atoms with E-state index < -0.39 is 35.3 Å². The summed E-state index contributed by atoms with van der Waals surface area (Å²) in [7, 11) is 1.41. The van der Waals surface area contributed by atoms with E-state index in [1.807, 2.05) is 0 Å². The number of carboxylic acid groups (broad SMARTS) is 1. The highest BCUT2D eigenvalue weighted by Crippen LogP contribution is 2.45. The molecule has 13 heteroatoms.